The molecular formula is C4H4CaO8P2. The van der Waals surface area contributed by atoms with E-state index in [0.29, 0.717) is 0 Å². The number of hydrogen-bond donors (Lipinski definition) is 0. The van der Waals surface area contributed by atoms with Crippen molar-refractivity contribution < 1.29 is 38.0 Å². The van der Waals surface area contributed by atoms with Crippen LogP contribution >= 0.6 is 17.4 Å². The van der Waals surface area contributed by atoms with Crippen molar-refractivity contribution in [1.82, 2.24) is 0 Å². The van der Waals surface area contributed by atoms with Gasteiger partial charge in [0.1, 0.15) is 13.2 Å². The molecule has 0 amide bonds. The SMILES string of the molecule is O=POCC(=O)[O-].O=POCC(=O)[O-].[Ca+2]. The van der Waals surface area contributed by atoms with Crippen LogP contribution in [0.15, 0.2) is 0 Å². The topological polar surface area (TPSA) is 133 Å². The van der Waals surface area contributed by atoms with Gasteiger partial charge >= 0.3 is 55.1 Å². The number of rotatable bonds is 6. The first-order valence-electron chi connectivity index (χ1n) is 2.83. The molecule has 0 aromatic heterocycles. The van der Waals surface area contributed by atoms with Gasteiger partial charge < -0.3 is 19.8 Å². The molecule has 0 saturated heterocycles. The van der Waals surface area contributed by atoms with Gasteiger partial charge in [0.2, 0.25) is 0 Å². The van der Waals surface area contributed by atoms with Crippen molar-refractivity contribution in [2.75, 3.05) is 13.2 Å². The smallest absolute Gasteiger partial charge is 0.548 e. The molecule has 0 rings (SSSR count). The summed E-state index contributed by atoms with van der Waals surface area (Å²) in [5.41, 5.74) is 0. The average Bonchev–Trinajstić information content (AvgIpc) is 2.12. The fourth-order valence-corrected chi connectivity index (χ4v) is 0.474. The standard InChI is InChI=1S/2C2H3O4P.Ca/c2*3-2(4)1-6-7-5;/h2*1H2,(H,3,4);/q;;+2/p-2. The molecule has 0 N–H and O–H groups in total. The number of carboxylic acids is 2. The van der Waals surface area contributed by atoms with Crippen molar-refractivity contribution in [3.8, 4) is 0 Å². The molecule has 0 fully saturated rings. The Hall–Kier alpha value is 0.320. The van der Waals surface area contributed by atoms with Gasteiger partial charge in [0.05, 0.1) is 11.9 Å². The van der Waals surface area contributed by atoms with Gasteiger partial charge in [-0.15, -0.1) is 0 Å². The number of carbonyl (C=O) groups excluding carboxylic acids is 2. The minimum atomic E-state index is -1.37. The zero-order valence-electron chi connectivity index (χ0n) is 7.28. The van der Waals surface area contributed by atoms with E-state index in [4.69, 9.17) is 0 Å². The molecule has 80 valence electrons. The molecular weight excluding hydrogens is 278 g/mol. The molecule has 0 radical (unpaired) electrons. The van der Waals surface area contributed by atoms with Crippen LogP contribution in [0, 0.1) is 0 Å². The summed E-state index contributed by atoms with van der Waals surface area (Å²) in [6.07, 6.45) is 0. The summed E-state index contributed by atoms with van der Waals surface area (Å²) in [6.45, 7) is -1.24. The summed E-state index contributed by atoms with van der Waals surface area (Å²) < 4.78 is 26.3. The minimum absolute atomic E-state index is 0. The summed E-state index contributed by atoms with van der Waals surface area (Å²) in [4.78, 5) is 18.8. The summed E-state index contributed by atoms with van der Waals surface area (Å²) in [6, 6.07) is 0. The van der Waals surface area contributed by atoms with Gasteiger partial charge in [0.25, 0.3) is 0 Å². The molecule has 11 heteroatoms. The molecule has 0 aliphatic heterocycles. The van der Waals surface area contributed by atoms with E-state index in [9.17, 15) is 28.9 Å². The molecule has 0 heterocycles. The third-order valence-electron chi connectivity index (χ3n) is 0.470. The summed E-state index contributed by atoms with van der Waals surface area (Å²) in [5, 5.41) is 18.8. The fraction of sp³-hybridized carbons (Fsp3) is 0.500. The van der Waals surface area contributed by atoms with Crippen molar-refractivity contribution >= 4 is 67.1 Å². The largest absolute Gasteiger partial charge is 2.00 e. The van der Waals surface area contributed by atoms with Gasteiger partial charge in [-0.05, 0) is 0 Å². The van der Waals surface area contributed by atoms with Crippen molar-refractivity contribution in [2.24, 2.45) is 0 Å². The Labute approximate surface area is 118 Å². The number of carboxylic acid groups (broad SMARTS) is 2. The van der Waals surface area contributed by atoms with Crippen molar-refractivity contribution in [3.05, 3.63) is 0 Å². The zero-order valence-corrected chi connectivity index (χ0v) is 11.3. The van der Waals surface area contributed by atoms with E-state index in [1.807, 2.05) is 0 Å². The fourth-order valence-electron chi connectivity index (χ4n) is 0.158. The van der Waals surface area contributed by atoms with Gasteiger partial charge in [-0.3, -0.25) is 9.05 Å². The maximum Gasteiger partial charge on any atom is 2.00 e. The van der Waals surface area contributed by atoms with Gasteiger partial charge in [-0.25, -0.2) is 9.13 Å². The second-order valence-electron chi connectivity index (χ2n) is 1.44. The maximum atomic E-state index is 9.38. The Morgan fingerprint density at radius 2 is 1.20 bits per heavy atom. The minimum Gasteiger partial charge on any atom is -0.548 e. The van der Waals surface area contributed by atoms with E-state index in [2.05, 4.69) is 9.05 Å². The van der Waals surface area contributed by atoms with Crippen LogP contribution in [0.5, 0.6) is 0 Å². The molecule has 0 aromatic carbocycles. The van der Waals surface area contributed by atoms with Gasteiger partial charge in [-0.2, -0.15) is 0 Å². The molecule has 0 spiro atoms. The zero-order chi connectivity index (χ0) is 11.4. The Morgan fingerprint density at radius 1 is 0.933 bits per heavy atom. The quantitative estimate of drug-likeness (QED) is 0.387. The first-order valence-corrected chi connectivity index (χ1v) is 4.29. The van der Waals surface area contributed by atoms with Crippen LogP contribution in [0.25, 0.3) is 0 Å². The van der Waals surface area contributed by atoms with Gasteiger partial charge in [0, 0.05) is 0 Å². The predicted octanol–water partition coefficient (Wildman–Crippen LogP) is -2.46. The molecule has 0 unspecified atom stereocenters. The average molecular weight is 282 g/mol. The Balaban J connectivity index is -0.000000180. The van der Waals surface area contributed by atoms with Crippen molar-refractivity contribution in [2.45, 2.75) is 0 Å². The van der Waals surface area contributed by atoms with Crippen LogP contribution in [-0.2, 0) is 27.8 Å². The molecule has 0 bridgehead atoms. The van der Waals surface area contributed by atoms with E-state index in [1.165, 1.54) is 0 Å². The van der Waals surface area contributed by atoms with Crippen LogP contribution in [0.1, 0.15) is 0 Å². The van der Waals surface area contributed by atoms with E-state index in [-0.39, 0.29) is 37.7 Å². The summed E-state index contributed by atoms with van der Waals surface area (Å²) in [7, 11) is -1.26. The molecule has 0 aliphatic rings. The van der Waals surface area contributed by atoms with Crippen molar-refractivity contribution in [1.29, 1.82) is 0 Å². The monoisotopic (exact) mass is 282 g/mol. The van der Waals surface area contributed by atoms with E-state index in [1.54, 1.807) is 0 Å². The first kappa shape index (κ1) is 20.7. The van der Waals surface area contributed by atoms with Crippen LogP contribution in [-0.4, -0.2) is 62.9 Å². The number of hydrogen-bond acceptors (Lipinski definition) is 8. The predicted molar refractivity (Wildman–Crippen MR) is 42.9 cm³/mol. The summed E-state index contributed by atoms with van der Waals surface area (Å²) >= 11 is 0. The molecule has 15 heavy (non-hydrogen) atoms. The maximum absolute atomic E-state index is 9.38. The second-order valence-corrected chi connectivity index (χ2v) is 2.25. The Morgan fingerprint density at radius 3 is 1.27 bits per heavy atom. The Kier molecular flexibility index (Phi) is 23.1. The second kappa shape index (κ2) is 16.7. The van der Waals surface area contributed by atoms with Crippen LogP contribution in [0.4, 0.5) is 0 Å². The van der Waals surface area contributed by atoms with Crippen LogP contribution < -0.4 is 10.2 Å². The number of carbonyl (C=O) groups is 2. The van der Waals surface area contributed by atoms with Crippen LogP contribution in [0.2, 0.25) is 0 Å². The molecule has 8 nitrogen and oxygen atoms in total. The normalized spacial score (nSPS) is 8.53. The number of aliphatic carboxylic acids is 2. The molecule has 0 saturated carbocycles. The molecule has 0 atom stereocenters. The first-order chi connectivity index (χ1) is 6.54. The van der Waals surface area contributed by atoms with E-state index in [0.717, 1.165) is 0 Å². The van der Waals surface area contributed by atoms with Gasteiger partial charge in [0.15, 0.2) is 0 Å². The third kappa shape index (κ3) is 31.4. The van der Waals surface area contributed by atoms with Crippen LogP contribution in [0.3, 0.4) is 0 Å². The summed E-state index contributed by atoms with van der Waals surface area (Å²) in [5.74, 6) is -2.74. The van der Waals surface area contributed by atoms with Crippen molar-refractivity contribution in [3.63, 3.8) is 0 Å². The third-order valence-corrected chi connectivity index (χ3v) is 0.939. The Bertz CT molecular complexity index is 187. The molecule has 0 aromatic rings. The van der Waals surface area contributed by atoms with E-state index >= 15 is 0 Å². The van der Waals surface area contributed by atoms with E-state index < -0.39 is 42.5 Å². The molecule has 0 aliphatic carbocycles. The van der Waals surface area contributed by atoms with Gasteiger partial charge in [-0.1, -0.05) is 0 Å².